The number of phenols is 1. The first-order valence-electron chi connectivity index (χ1n) is 6.07. The molecule has 0 aromatic heterocycles. The average Bonchev–Trinajstić information content (AvgIpc) is 2.45. The lowest BCUT2D eigenvalue weighted by molar-refractivity contribution is 0.0913. The minimum Gasteiger partial charge on any atom is -0.507 e. The molecule has 0 aliphatic carbocycles. The first-order valence-corrected chi connectivity index (χ1v) is 6.45. The van der Waals surface area contributed by atoms with Gasteiger partial charge in [-0.05, 0) is 23.8 Å². The van der Waals surface area contributed by atoms with E-state index in [1.807, 2.05) is 30.3 Å². The van der Waals surface area contributed by atoms with E-state index in [0.29, 0.717) is 5.02 Å². The van der Waals surface area contributed by atoms with Crippen LogP contribution in [0.25, 0.3) is 0 Å². The lowest BCUT2D eigenvalue weighted by Crippen LogP contribution is -2.30. The predicted molar refractivity (Wildman–Crippen MR) is 76.9 cm³/mol. The summed E-state index contributed by atoms with van der Waals surface area (Å²) < 4.78 is 0. The van der Waals surface area contributed by atoms with E-state index in [2.05, 4.69) is 5.32 Å². The van der Waals surface area contributed by atoms with Gasteiger partial charge in [-0.2, -0.15) is 0 Å². The fourth-order valence-corrected chi connectivity index (χ4v) is 2.02. The summed E-state index contributed by atoms with van der Waals surface area (Å²) in [7, 11) is 0. The van der Waals surface area contributed by atoms with Crippen molar-refractivity contribution in [2.45, 2.75) is 6.04 Å². The number of halogens is 1. The van der Waals surface area contributed by atoms with E-state index >= 15 is 0 Å². The second-order valence-electron chi connectivity index (χ2n) is 4.28. The largest absolute Gasteiger partial charge is 0.507 e. The van der Waals surface area contributed by atoms with Crippen LogP contribution in [0.3, 0.4) is 0 Å². The highest BCUT2D eigenvalue weighted by Crippen LogP contribution is 2.22. The molecular weight excluding hydrogens is 278 g/mol. The molecule has 20 heavy (non-hydrogen) atoms. The number of aromatic hydroxyl groups is 1. The normalized spacial score (nSPS) is 11.9. The summed E-state index contributed by atoms with van der Waals surface area (Å²) in [5, 5.41) is 22.1. The Balaban J connectivity index is 2.17. The lowest BCUT2D eigenvalue weighted by atomic mass is 10.1. The minimum absolute atomic E-state index is 0.115. The Morgan fingerprint density at radius 1 is 1.20 bits per heavy atom. The highest BCUT2D eigenvalue weighted by Gasteiger charge is 2.17. The molecule has 4 nitrogen and oxygen atoms in total. The van der Waals surface area contributed by atoms with Crippen molar-refractivity contribution in [2.24, 2.45) is 0 Å². The summed E-state index contributed by atoms with van der Waals surface area (Å²) >= 11 is 5.72. The zero-order chi connectivity index (χ0) is 14.5. The molecule has 0 saturated carbocycles. The third-order valence-corrected chi connectivity index (χ3v) is 3.13. The molecule has 1 amide bonds. The summed E-state index contributed by atoms with van der Waals surface area (Å²) in [5.41, 5.74) is 0.903. The number of benzene rings is 2. The number of hydrogen-bond acceptors (Lipinski definition) is 3. The van der Waals surface area contributed by atoms with Crippen LogP contribution in [0.5, 0.6) is 5.75 Å². The third kappa shape index (κ3) is 3.29. The van der Waals surface area contributed by atoms with Crippen molar-refractivity contribution in [3.63, 3.8) is 0 Å². The van der Waals surface area contributed by atoms with E-state index in [-0.39, 0.29) is 17.9 Å². The summed E-state index contributed by atoms with van der Waals surface area (Å²) in [5.74, 6) is -0.665. The average molecular weight is 292 g/mol. The lowest BCUT2D eigenvalue weighted by Gasteiger charge is -2.17. The van der Waals surface area contributed by atoms with Gasteiger partial charge in [0.05, 0.1) is 18.2 Å². The van der Waals surface area contributed by atoms with Gasteiger partial charge in [0.15, 0.2) is 0 Å². The summed E-state index contributed by atoms with van der Waals surface area (Å²) in [6.45, 7) is -0.232. The van der Waals surface area contributed by atoms with Crippen LogP contribution in [-0.2, 0) is 0 Å². The standard InChI is InChI=1S/C15H14ClNO3/c16-11-6-7-12(14(19)8-11)15(20)17-13(9-18)10-4-2-1-3-5-10/h1-8,13,18-19H,9H2,(H,17,20). The van der Waals surface area contributed by atoms with Crippen LogP contribution in [0.15, 0.2) is 48.5 Å². The van der Waals surface area contributed by atoms with Crippen LogP contribution >= 0.6 is 11.6 Å². The Hall–Kier alpha value is -2.04. The van der Waals surface area contributed by atoms with Crippen LogP contribution in [0.4, 0.5) is 0 Å². The second-order valence-corrected chi connectivity index (χ2v) is 4.72. The van der Waals surface area contributed by atoms with E-state index in [1.54, 1.807) is 0 Å². The number of amides is 1. The molecule has 2 rings (SSSR count). The van der Waals surface area contributed by atoms with E-state index in [9.17, 15) is 15.0 Å². The summed E-state index contributed by atoms with van der Waals surface area (Å²) in [6.07, 6.45) is 0. The Morgan fingerprint density at radius 3 is 2.50 bits per heavy atom. The Bertz CT molecular complexity index is 601. The van der Waals surface area contributed by atoms with Crippen molar-refractivity contribution in [1.29, 1.82) is 0 Å². The van der Waals surface area contributed by atoms with Gasteiger partial charge in [-0.3, -0.25) is 4.79 Å². The van der Waals surface area contributed by atoms with Gasteiger partial charge >= 0.3 is 0 Å². The Kier molecular flexibility index (Phi) is 4.61. The number of aliphatic hydroxyl groups excluding tert-OH is 1. The number of hydrogen-bond donors (Lipinski definition) is 3. The molecule has 0 saturated heterocycles. The van der Waals surface area contributed by atoms with E-state index in [4.69, 9.17) is 11.6 Å². The zero-order valence-electron chi connectivity index (χ0n) is 10.6. The van der Waals surface area contributed by atoms with Crippen molar-refractivity contribution in [2.75, 3.05) is 6.61 Å². The second kappa shape index (κ2) is 6.41. The number of carbonyl (C=O) groups excluding carboxylic acids is 1. The number of carbonyl (C=O) groups is 1. The Labute approximate surface area is 121 Å². The van der Waals surface area contributed by atoms with Gasteiger partial charge in [0.25, 0.3) is 5.91 Å². The van der Waals surface area contributed by atoms with Gasteiger partial charge in [-0.25, -0.2) is 0 Å². The van der Waals surface area contributed by atoms with Crippen molar-refractivity contribution in [1.82, 2.24) is 5.32 Å². The molecule has 1 unspecified atom stereocenters. The highest BCUT2D eigenvalue weighted by molar-refractivity contribution is 6.30. The molecule has 104 valence electrons. The van der Waals surface area contributed by atoms with E-state index in [0.717, 1.165) is 5.56 Å². The first-order chi connectivity index (χ1) is 9.61. The van der Waals surface area contributed by atoms with Gasteiger partial charge in [0, 0.05) is 5.02 Å². The van der Waals surface area contributed by atoms with Crippen LogP contribution in [0.2, 0.25) is 5.02 Å². The maximum Gasteiger partial charge on any atom is 0.255 e. The number of phenolic OH excluding ortho intramolecular Hbond substituents is 1. The molecule has 0 radical (unpaired) electrons. The van der Waals surface area contributed by atoms with Crippen LogP contribution in [-0.4, -0.2) is 22.7 Å². The van der Waals surface area contributed by atoms with Gasteiger partial charge in [-0.15, -0.1) is 0 Å². The number of rotatable bonds is 4. The van der Waals surface area contributed by atoms with Crippen LogP contribution in [0, 0.1) is 0 Å². The maximum absolute atomic E-state index is 12.1. The smallest absolute Gasteiger partial charge is 0.255 e. The maximum atomic E-state index is 12.1. The molecule has 3 N–H and O–H groups in total. The van der Waals surface area contributed by atoms with E-state index in [1.165, 1.54) is 18.2 Å². The summed E-state index contributed by atoms with van der Waals surface area (Å²) in [4.78, 5) is 12.1. The topological polar surface area (TPSA) is 69.6 Å². The molecular formula is C15H14ClNO3. The minimum atomic E-state index is -0.529. The van der Waals surface area contributed by atoms with E-state index < -0.39 is 11.9 Å². The molecule has 0 spiro atoms. The highest BCUT2D eigenvalue weighted by atomic mass is 35.5. The van der Waals surface area contributed by atoms with Crippen LogP contribution in [0.1, 0.15) is 22.0 Å². The quantitative estimate of drug-likeness (QED) is 0.811. The van der Waals surface area contributed by atoms with Crippen molar-refractivity contribution in [3.8, 4) is 5.75 Å². The fourth-order valence-electron chi connectivity index (χ4n) is 1.85. The van der Waals surface area contributed by atoms with Crippen LogP contribution < -0.4 is 5.32 Å². The number of nitrogens with one attached hydrogen (secondary N) is 1. The zero-order valence-corrected chi connectivity index (χ0v) is 11.3. The molecule has 0 aliphatic rings. The fraction of sp³-hybridized carbons (Fsp3) is 0.133. The van der Waals surface area contributed by atoms with Crippen molar-refractivity contribution in [3.05, 3.63) is 64.7 Å². The molecule has 5 heteroatoms. The Morgan fingerprint density at radius 2 is 1.90 bits per heavy atom. The molecule has 0 heterocycles. The van der Waals surface area contributed by atoms with Gasteiger partial charge in [-0.1, -0.05) is 41.9 Å². The molecule has 0 fully saturated rings. The molecule has 0 bridgehead atoms. The number of aliphatic hydroxyl groups is 1. The van der Waals surface area contributed by atoms with Gasteiger partial charge in [0.1, 0.15) is 5.75 Å². The van der Waals surface area contributed by atoms with Crippen molar-refractivity contribution < 1.29 is 15.0 Å². The molecule has 2 aromatic rings. The first kappa shape index (κ1) is 14.4. The molecule has 2 aromatic carbocycles. The van der Waals surface area contributed by atoms with Crippen molar-refractivity contribution >= 4 is 17.5 Å². The third-order valence-electron chi connectivity index (χ3n) is 2.89. The molecule has 1 atom stereocenters. The predicted octanol–water partition coefficient (Wildman–Crippen LogP) is 2.51. The SMILES string of the molecule is O=C(NC(CO)c1ccccc1)c1ccc(Cl)cc1O. The monoisotopic (exact) mass is 291 g/mol. The van der Waals surface area contributed by atoms with Gasteiger partial charge in [0.2, 0.25) is 0 Å². The molecule has 0 aliphatic heterocycles. The van der Waals surface area contributed by atoms with Gasteiger partial charge < -0.3 is 15.5 Å². The summed E-state index contributed by atoms with van der Waals surface area (Å²) in [6, 6.07) is 12.8.